The highest BCUT2D eigenvalue weighted by Crippen LogP contribution is 2.12. The molecule has 0 saturated carbocycles. The van der Waals surface area contributed by atoms with E-state index in [0.29, 0.717) is 6.54 Å². The molecule has 0 aromatic heterocycles. The van der Waals surface area contributed by atoms with Crippen LogP contribution in [0, 0.1) is 0 Å². The van der Waals surface area contributed by atoms with Gasteiger partial charge in [0.2, 0.25) is 11.8 Å². The van der Waals surface area contributed by atoms with E-state index in [4.69, 9.17) is 4.74 Å². The summed E-state index contributed by atoms with van der Waals surface area (Å²) in [5, 5.41) is 5.52. The van der Waals surface area contributed by atoms with Crippen molar-refractivity contribution >= 4 is 17.9 Å². The fourth-order valence-electron chi connectivity index (χ4n) is 2.52. The van der Waals surface area contributed by atoms with Crippen LogP contribution in [0.4, 0.5) is 0 Å². The highest BCUT2D eigenvalue weighted by atomic mass is 16.5. The van der Waals surface area contributed by atoms with E-state index in [1.54, 1.807) is 20.1 Å². The molecule has 27 heavy (non-hydrogen) atoms. The van der Waals surface area contributed by atoms with Crippen molar-refractivity contribution in [2.45, 2.75) is 25.8 Å². The van der Waals surface area contributed by atoms with Gasteiger partial charge in [0.15, 0.2) is 0 Å². The summed E-state index contributed by atoms with van der Waals surface area (Å²) in [6.45, 7) is 2.25. The summed E-state index contributed by atoms with van der Waals surface area (Å²) >= 11 is 0. The molecular formula is C22H26N2O3. The number of ether oxygens (including phenoxy) is 1. The smallest absolute Gasteiger partial charge is 0.244 e. The molecule has 0 bridgehead atoms. The number of hydrogen-bond acceptors (Lipinski definition) is 3. The Hall–Kier alpha value is -3.08. The number of methoxy groups -OCH3 is 1. The normalized spacial score (nSPS) is 11.8. The number of nitrogens with one attached hydrogen (secondary N) is 2. The van der Waals surface area contributed by atoms with Gasteiger partial charge in [0.25, 0.3) is 0 Å². The Morgan fingerprint density at radius 2 is 1.78 bits per heavy atom. The van der Waals surface area contributed by atoms with Crippen LogP contribution in [0.3, 0.4) is 0 Å². The summed E-state index contributed by atoms with van der Waals surface area (Å²) in [6.07, 6.45) is 4.88. The summed E-state index contributed by atoms with van der Waals surface area (Å²) in [7, 11) is 1.60. The first-order valence-electron chi connectivity index (χ1n) is 9.03. The highest BCUT2D eigenvalue weighted by molar-refractivity contribution is 5.95. The fourth-order valence-corrected chi connectivity index (χ4v) is 2.52. The van der Waals surface area contributed by atoms with E-state index < -0.39 is 6.04 Å². The average Bonchev–Trinajstić information content (AvgIpc) is 2.70. The van der Waals surface area contributed by atoms with Crippen molar-refractivity contribution in [3.05, 3.63) is 71.8 Å². The largest absolute Gasteiger partial charge is 0.497 e. The molecule has 1 unspecified atom stereocenters. The second-order valence-electron chi connectivity index (χ2n) is 6.22. The van der Waals surface area contributed by atoms with Crippen LogP contribution in [-0.2, 0) is 16.0 Å². The van der Waals surface area contributed by atoms with E-state index in [1.807, 2.05) is 42.5 Å². The molecule has 0 heterocycles. The lowest BCUT2D eigenvalue weighted by atomic mass is 10.1. The first kappa shape index (κ1) is 20.2. The van der Waals surface area contributed by atoms with E-state index in [1.165, 1.54) is 11.6 Å². The Bertz CT molecular complexity index is 755. The first-order chi connectivity index (χ1) is 13.1. The predicted octanol–water partition coefficient (Wildman–Crippen LogP) is 2.96. The number of carbonyl (C=O) groups excluding carboxylic acids is 2. The quantitative estimate of drug-likeness (QED) is 0.530. The molecule has 0 aliphatic heterocycles. The average molecular weight is 366 g/mol. The molecule has 2 N–H and O–H groups in total. The van der Waals surface area contributed by atoms with Gasteiger partial charge in [0.1, 0.15) is 11.8 Å². The van der Waals surface area contributed by atoms with Crippen LogP contribution in [0.2, 0.25) is 0 Å². The molecular weight excluding hydrogens is 340 g/mol. The zero-order chi connectivity index (χ0) is 19.5. The number of aryl methyl sites for hydroxylation is 1. The number of amides is 2. The van der Waals surface area contributed by atoms with Crippen LogP contribution in [0.15, 0.2) is 60.7 Å². The van der Waals surface area contributed by atoms with Crippen LogP contribution >= 0.6 is 0 Å². The SMILES string of the molecule is COc1ccc(/C=C/C(=O)NC(C)C(=O)NCCCc2ccccc2)cc1. The van der Waals surface area contributed by atoms with Gasteiger partial charge >= 0.3 is 0 Å². The van der Waals surface area contributed by atoms with Gasteiger partial charge < -0.3 is 15.4 Å². The monoisotopic (exact) mass is 366 g/mol. The molecule has 5 heteroatoms. The Labute approximate surface area is 160 Å². The van der Waals surface area contributed by atoms with Gasteiger partial charge in [0, 0.05) is 12.6 Å². The van der Waals surface area contributed by atoms with E-state index in [0.717, 1.165) is 24.2 Å². The number of benzene rings is 2. The molecule has 0 spiro atoms. The van der Waals surface area contributed by atoms with E-state index in [9.17, 15) is 9.59 Å². The third kappa shape index (κ3) is 7.36. The Balaban J connectivity index is 1.69. The van der Waals surface area contributed by atoms with Gasteiger partial charge in [-0.3, -0.25) is 9.59 Å². The minimum Gasteiger partial charge on any atom is -0.497 e. The summed E-state index contributed by atoms with van der Waals surface area (Å²) in [5.41, 5.74) is 2.13. The second kappa shape index (κ2) is 10.8. The van der Waals surface area contributed by atoms with Gasteiger partial charge in [-0.05, 0) is 49.1 Å². The van der Waals surface area contributed by atoms with Crippen molar-refractivity contribution in [2.24, 2.45) is 0 Å². The van der Waals surface area contributed by atoms with Crippen molar-refractivity contribution in [3.8, 4) is 5.75 Å². The van der Waals surface area contributed by atoms with E-state index in [2.05, 4.69) is 22.8 Å². The third-order valence-corrected chi connectivity index (χ3v) is 4.08. The molecule has 2 amide bonds. The van der Waals surface area contributed by atoms with Crippen LogP contribution in [0.5, 0.6) is 5.75 Å². The van der Waals surface area contributed by atoms with E-state index in [-0.39, 0.29) is 11.8 Å². The molecule has 0 aliphatic carbocycles. The predicted molar refractivity (Wildman–Crippen MR) is 107 cm³/mol. The summed E-state index contributed by atoms with van der Waals surface area (Å²) in [4.78, 5) is 24.0. The molecule has 0 aliphatic rings. The Morgan fingerprint density at radius 1 is 1.07 bits per heavy atom. The highest BCUT2D eigenvalue weighted by Gasteiger charge is 2.13. The summed E-state index contributed by atoms with van der Waals surface area (Å²) in [5.74, 6) is 0.265. The maximum absolute atomic E-state index is 12.1. The molecule has 0 radical (unpaired) electrons. The third-order valence-electron chi connectivity index (χ3n) is 4.08. The molecule has 2 rings (SSSR count). The Kier molecular flexibility index (Phi) is 8.10. The summed E-state index contributed by atoms with van der Waals surface area (Å²) in [6, 6.07) is 16.9. The lowest BCUT2D eigenvalue weighted by molar-refractivity contribution is -0.126. The summed E-state index contributed by atoms with van der Waals surface area (Å²) < 4.78 is 5.09. The van der Waals surface area contributed by atoms with Crippen molar-refractivity contribution in [1.29, 1.82) is 0 Å². The standard InChI is InChI=1S/C22H26N2O3/c1-17(22(26)23-16-6-9-18-7-4-3-5-8-18)24-21(25)15-12-19-10-13-20(27-2)14-11-19/h3-5,7-8,10-15,17H,6,9,16H2,1-2H3,(H,23,26)(H,24,25)/b15-12+. The number of rotatable bonds is 9. The molecule has 0 saturated heterocycles. The van der Waals surface area contributed by atoms with Gasteiger partial charge in [-0.15, -0.1) is 0 Å². The molecule has 0 fully saturated rings. The van der Waals surface area contributed by atoms with Crippen molar-refractivity contribution in [3.63, 3.8) is 0 Å². The van der Waals surface area contributed by atoms with Gasteiger partial charge in [-0.2, -0.15) is 0 Å². The second-order valence-corrected chi connectivity index (χ2v) is 6.22. The zero-order valence-electron chi connectivity index (χ0n) is 15.8. The molecule has 142 valence electrons. The topological polar surface area (TPSA) is 67.4 Å². The van der Waals surface area contributed by atoms with Gasteiger partial charge in [-0.25, -0.2) is 0 Å². The lowest BCUT2D eigenvalue weighted by Crippen LogP contribution is -2.44. The molecule has 2 aromatic carbocycles. The van der Waals surface area contributed by atoms with Crippen LogP contribution in [0.25, 0.3) is 6.08 Å². The number of carbonyl (C=O) groups is 2. The van der Waals surface area contributed by atoms with Crippen LogP contribution in [-0.4, -0.2) is 31.5 Å². The van der Waals surface area contributed by atoms with Crippen molar-refractivity contribution in [1.82, 2.24) is 10.6 Å². The zero-order valence-corrected chi connectivity index (χ0v) is 15.8. The Morgan fingerprint density at radius 3 is 2.44 bits per heavy atom. The molecule has 5 nitrogen and oxygen atoms in total. The lowest BCUT2D eigenvalue weighted by Gasteiger charge is -2.13. The van der Waals surface area contributed by atoms with Gasteiger partial charge in [-0.1, -0.05) is 42.5 Å². The maximum Gasteiger partial charge on any atom is 0.244 e. The molecule has 2 aromatic rings. The molecule has 1 atom stereocenters. The minimum absolute atomic E-state index is 0.186. The van der Waals surface area contributed by atoms with Crippen molar-refractivity contribution < 1.29 is 14.3 Å². The first-order valence-corrected chi connectivity index (χ1v) is 9.03. The van der Waals surface area contributed by atoms with Crippen LogP contribution in [0.1, 0.15) is 24.5 Å². The van der Waals surface area contributed by atoms with Gasteiger partial charge in [0.05, 0.1) is 7.11 Å². The minimum atomic E-state index is -0.588. The van der Waals surface area contributed by atoms with E-state index >= 15 is 0 Å². The van der Waals surface area contributed by atoms with Crippen LogP contribution < -0.4 is 15.4 Å². The fraction of sp³-hybridized carbons (Fsp3) is 0.273. The maximum atomic E-state index is 12.1. The van der Waals surface area contributed by atoms with Crippen molar-refractivity contribution in [2.75, 3.05) is 13.7 Å². The number of hydrogen-bond donors (Lipinski definition) is 2.